The number of esters is 1. The largest absolute Gasteiger partial charge is 0.465 e. The topological polar surface area (TPSA) is 99.6 Å². The van der Waals surface area contributed by atoms with Crippen LogP contribution in [0.25, 0.3) is 0 Å². The lowest BCUT2D eigenvalue weighted by Gasteiger charge is -2.33. The van der Waals surface area contributed by atoms with Crippen LogP contribution in [0.4, 0.5) is 10.2 Å². The van der Waals surface area contributed by atoms with Gasteiger partial charge in [-0.25, -0.2) is 14.0 Å². The maximum atomic E-state index is 14.4. The molecule has 2 aromatic rings. The Labute approximate surface area is 179 Å². The van der Waals surface area contributed by atoms with Crippen LogP contribution >= 0.6 is 0 Å². The molecular weight excluding hydrogens is 403 g/mol. The molecule has 164 valence electrons. The highest BCUT2D eigenvalue weighted by atomic mass is 19.1. The molecular formula is C22H25FN4O4. The molecule has 0 aliphatic carbocycles. The molecule has 9 heteroatoms. The van der Waals surface area contributed by atoms with Gasteiger partial charge in [-0.1, -0.05) is 5.92 Å². The van der Waals surface area contributed by atoms with Crippen molar-refractivity contribution in [3.63, 3.8) is 0 Å². The van der Waals surface area contributed by atoms with E-state index in [1.54, 1.807) is 6.92 Å². The van der Waals surface area contributed by atoms with Crippen molar-refractivity contribution in [3.8, 4) is 11.8 Å². The minimum Gasteiger partial charge on any atom is -0.465 e. The molecule has 2 N–H and O–H groups in total. The van der Waals surface area contributed by atoms with Gasteiger partial charge in [0.15, 0.2) is 0 Å². The smallest absolute Gasteiger partial charge is 0.337 e. The first-order chi connectivity index (χ1) is 14.8. The SMILES string of the molecule is CC#CCn1c(N2CCC[C@@H](N)C2)cc(=O)n(Cc2cc(C(=O)OC)ccc2F)c1=O. The van der Waals surface area contributed by atoms with Crippen LogP contribution in [0, 0.1) is 17.7 Å². The monoisotopic (exact) mass is 428 g/mol. The summed E-state index contributed by atoms with van der Waals surface area (Å²) in [5.41, 5.74) is 5.05. The molecule has 1 aliphatic rings. The molecule has 2 heterocycles. The van der Waals surface area contributed by atoms with E-state index in [0.717, 1.165) is 23.5 Å². The summed E-state index contributed by atoms with van der Waals surface area (Å²) in [5, 5.41) is 0. The van der Waals surface area contributed by atoms with E-state index in [9.17, 15) is 18.8 Å². The Morgan fingerprint density at radius 1 is 1.29 bits per heavy atom. The van der Waals surface area contributed by atoms with Gasteiger partial charge >= 0.3 is 11.7 Å². The fourth-order valence-corrected chi connectivity index (χ4v) is 3.65. The fraction of sp³-hybridized carbons (Fsp3) is 0.409. The molecule has 31 heavy (non-hydrogen) atoms. The van der Waals surface area contributed by atoms with Gasteiger partial charge in [0.1, 0.15) is 11.6 Å². The Balaban J connectivity index is 2.08. The van der Waals surface area contributed by atoms with Crippen molar-refractivity contribution in [2.45, 2.75) is 38.9 Å². The number of halogens is 1. The van der Waals surface area contributed by atoms with E-state index >= 15 is 0 Å². The molecule has 8 nitrogen and oxygen atoms in total. The van der Waals surface area contributed by atoms with Crippen molar-refractivity contribution in [3.05, 3.63) is 62.0 Å². The highest BCUT2D eigenvalue weighted by Crippen LogP contribution is 2.18. The number of aromatic nitrogens is 2. The number of hydrogen-bond donors (Lipinski definition) is 1. The van der Waals surface area contributed by atoms with Gasteiger partial charge in [0, 0.05) is 30.8 Å². The standard InChI is InChI=1S/C22H25FN4O4/c1-3-4-10-26-19(25-9-5-6-17(24)14-25)12-20(28)27(22(26)30)13-16-11-15(21(29)31-2)7-8-18(16)23/h7-8,11-12,17H,5-6,9-10,13-14,24H2,1-2H3/t17-/m1/s1. The van der Waals surface area contributed by atoms with Crippen LogP contribution in [0.5, 0.6) is 0 Å². The number of piperidine rings is 1. The Bertz CT molecular complexity index is 1160. The van der Waals surface area contributed by atoms with Crippen LogP contribution in [0.3, 0.4) is 0 Å². The van der Waals surface area contributed by atoms with E-state index in [-0.39, 0.29) is 30.3 Å². The van der Waals surface area contributed by atoms with Crippen molar-refractivity contribution < 1.29 is 13.9 Å². The average molecular weight is 428 g/mol. The van der Waals surface area contributed by atoms with Crippen LogP contribution in [0.2, 0.25) is 0 Å². The summed E-state index contributed by atoms with van der Waals surface area (Å²) in [6.07, 6.45) is 1.73. The van der Waals surface area contributed by atoms with E-state index in [4.69, 9.17) is 5.73 Å². The molecule has 0 saturated carbocycles. The number of nitrogens with zero attached hydrogens (tertiary/aromatic N) is 3. The summed E-state index contributed by atoms with van der Waals surface area (Å²) in [6.45, 7) is 2.62. The second-order valence-corrected chi connectivity index (χ2v) is 7.37. The number of carbonyl (C=O) groups excluding carboxylic acids is 1. The lowest BCUT2D eigenvalue weighted by Crippen LogP contribution is -2.48. The quantitative estimate of drug-likeness (QED) is 0.562. The predicted octanol–water partition coefficient (Wildman–Crippen LogP) is 0.935. The first-order valence-corrected chi connectivity index (χ1v) is 9.97. The minimum atomic E-state index is -0.638. The number of anilines is 1. The molecule has 0 spiro atoms. The molecule has 1 aliphatic heterocycles. The van der Waals surface area contributed by atoms with Gasteiger partial charge in [0.05, 0.1) is 25.8 Å². The first kappa shape index (κ1) is 22.3. The fourth-order valence-electron chi connectivity index (χ4n) is 3.65. The van der Waals surface area contributed by atoms with E-state index < -0.39 is 23.0 Å². The molecule has 1 saturated heterocycles. The van der Waals surface area contributed by atoms with Crippen molar-refractivity contribution >= 4 is 11.8 Å². The number of rotatable bonds is 5. The average Bonchev–Trinajstić information content (AvgIpc) is 2.76. The summed E-state index contributed by atoms with van der Waals surface area (Å²) < 4.78 is 21.4. The Morgan fingerprint density at radius 2 is 2.06 bits per heavy atom. The van der Waals surface area contributed by atoms with Gasteiger partial charge in [-0.15, -0.1) is 5.92 Å². The second-order valence-electron chi connectivity index (χ2n) is 7.37. The lowest BCUT2D eigenvalue weighted by molar-refractivity contribution is 0.0600. The third-order valence-corrected chi connectivity index (χ3v) is 5.25. The lowest BCUT2D eigenvalue weighted by atomic mass is 10.1. The summed E-state index contributed by atoms with van der Waals surface area (Å²) >= 11 is 0. The summed E-state index contributed by atoms with van der Waals surface area (Å²) in [7, 11) is 1.22. The van der Waals surface area contributed by atoms with E-state index in [1.807, 2.05) is 4.90 Å². The van der Waals surface area contributed by atoms with Crippen molar-refractivity contribution in [1.82, 2.24) is 9.13 Å². The molecule has 1 aromatic heterocycles. The molecule has 1 fully saturated rings. The van der Waals surface area contributed by atoms with E-state index in [1.165, 1.54) is 29.9 Å². The van der Waals surface area contributed by atoms with Crippen LogP contribution < -0.4 is 21.9 Å². The molecule has 0 radical (unpaired) electrons. The maximum absolute atomic E-state index is 14.4. The van der Waals surface area contributed by atoms with Gasteiger partial charge in [-0.3, -0.25) is 13.9 Å². The normalized spacial score (nSPS) is 15.9. The minimum absolute atomic E-state index is 0.0305. The summed E-state index contributed by atoms with van der Waals surface area (Å²) in [6, 6.07) is 4.98. The molecule has 1 aromatic carbocycles. The van der Waals surface area contributed by atoms with Crippen LogP contribution in [-0.4, -0.2) is 41.3 Å². The Kier molecular flexibility index (Phi) is 6.92. The molecule has 0 bridgehead atoms. The zero-order valence-electron chi connectivity index (χ0n) is 17.6. The molecule has 0 amide bonds. The Morgan fingerprint density at radius 3 is 2.74 bits per heavy atom. The van der Waals surface area contributed by atoms with Crippen LogP contribution in [0.15, 0.2) is 33.9 Å². The first-order valence-electron chi connectivity index (χ1n) is 9.97. The third-order valence-electron chi connectivity index (χ3n) is 5.25. The third kappa shape index (κ3) is 4.86. The zero-order valence-corrected chi connectivity index (χ0v) is 17.6. The van der Waals surface area contributed by atoms with Gasteiger partial charge < -0.3 is 15.4 Å². The number of methoxy groups -OCH3 is 1. The predicted molar refractivity (Wildman–Crippen MR) is 115 cm³/mol. The van der Waals surface area contributed by atoms with Gasteiger partial charge in [-0.2, -0.15) is 0 Å². The van der Waals surface area contributed by atoms with E-state index in [2.05, 4.69) is 16.6 Å². The highest BCUT2D eigenvalue weighted by molar-refractivity contribution is 5.89. The van der Waals surface area contributed by atoms with Crippen molar-refractivity contribution in [2.24, 2.45) is 5.73 Å². The number of hydrogen-bond acceptors (Lipinski definition) is 6. The highest BCUT2D eigenvalue weighted by Gasteiger charge is 2.22. The zero-order chi connectivity index (χ0) is 22.5. The van der Waals surface area contributed by atoms with Gasteiger partial charge in [0.25, 0.3) is 5.56 Å². The molecule has 1 atom stereocenters. The second kappa shape index (κ2) is 9.62. The molecule has 0 unspecified atom stereocenters. The van der Waals surface area contributed by atoms with Crippen LogP contribution in [-0.2, 0) is 17.8 Å². The van der Waals surface area contributed by atoms with Gasteiger partial charge in [0.2, 0.25) is 0 Å². The number of carbonyl (C=O) groups is 1. The Hall–Kier alpha value is -3.38. The van der Waals surface area contributed by atoms with E-state index in [0.29, 0.717) is 18.9 Å². The summed E-state index contributed by atoms with van der Waals surface area (Å²) in [4.78, 5) is 39.7. The molecule has 3 rings (SSSR count). The summed E-state index contributed by atoms with van der Waals surface area (Å²) in [5.74, 6) is 4.78. The van der Waals surface area contributed by atoms with Crippen molar-refractivity contribution in [1.29, 1.82) is 0 Å². The van der Waals surface area contributed by atoms with Gasteiger partial charge in [-0.05, 0) is 38.0 Å². The maximum Gasteiger partial charge on any atom is 0.337 e. The number of nitrogens with two attached hydrogens (primary N) is 1. The van der Waals surface area contributed by atoms with Crippen LogP contribution in [0.1, 0.15) is 35.7 Å². The number of ether oxygens (including phenoxy) is 1. The van der Waals surface area contributed by atoms with Crippen molar-refractivity contribution in [2.75, 3.05) is 25.1 Å². The number of benzene rings is 1.